The minimum Gasteiger partial charge on any atom is -0.497 e. The van der Waals surface area contributed by atoms with E-state index in [2.05, 4.69) is 54.1 Å². The standard InChI is InChI=1S/C57H100N4O8/c1-4-6-8-10-12-14-16-18-20-22-24-26-28-30-32-34-46-68-48-36-44-61(45-37-49-69-47-35-33-31-29-27-25-23-21-19-17-15-13-11-9-7-5-2)54(62)50-53(60-57(65)66)56(64)59-43-42-58-55(63)51-38-40-52(67-3)41-39-51/h18-21,38-41,53,60H,4-17,22-37,42-50H2,1-3H3,(H,58,63)(H,59,64)(H,65,66)/b20-18-,21-19-/t53-/m1/s1. The van der Waals surface area contributed by atoms with Crippen molar-refractivity contribution in [1.29, 1.82) is 0 Å². The Morgan fingerprint density at radius 1 is 0.536 bits per heavy atom. The Labute approximate surface area is 420 Å². The molecule has 12 heteroatoms. The van der Waals surface area contributed by atoms with E-state index >= 15 is 0 Å². The van der Waals surface area contributed by atoms with E-state index in [1.807, 2.05) is 0 Å². The predicted molar refractivity (Wildman–Crippen MR) is 284 cm³/mol. The second kappa shape index (κ2) is 47.8. The van der Waals surface area contributed by atoms with Crippen LogP contribution in [0.25, 0.3) is 0 Å². The van der Waals surface area contributed by atoms with Crippen LogP contribution in [0.4, 0.5) is 4.79 Å². The zero-order valence-electron chi connectivity index (χ0n) is 44.0. The van der Waals surface area contributed by atoms with Gasteiger partial charge in [0.15, 0.2) is 0 Å². The monoisotopic (exact) mass is 969 g/mol. The van der Waals surface area contributed by atoms with Crippen molar-refractivity contribution < 1.29 is 38.5 Å². The Bertz CT molecular complexity index is 1390. The van der Waals surface area contributed by atoms with Crippen LogP contribution in [0.15, 0.2) is 48.6 Å². The second-order valence-corrected chi connectivity index (χ2v) is 18.7. The van der Waals surface area contributed by atoms with E-state index in [0.29, 0.717) is 63.7 Å². The van der Waals surface area contributed by atoms with Crippen LogP contribution in [0.5, 0.6) is 5.75 Å². The van der Waals surface area contributed by atoms with Gasteiger partial charge in [-0.05, 0) is 101 Å². The van der Waals surface area contributed by atoms with Gasteiger partial charge in [0.2, 0.25) is 11.8 Å². The van der Waals surface area contributed by atoms with Crippen LogP contribution >= 0.6 is 0 Å². The number of nitrogens with zero attached hydrogens (tertiary/aromatic N) is 1. The first kappa shape index (κ1) is 63.1. The molecule has 1 atom stereocenters. The third-order valence-electron chi connectivity index (χ3n) is 12.4. The summed E-state index contributed by atoms with van der Waals surface area (Å²) in [7, 11) is 1.55. The Morgan fingerprint density at radius 2 is 0.928 bits per heavy atom. The van der Waals surface area contributed by atoms with E-state index in [1.54, 1.807) is 36.3 Å². The highest BCUT2D eigenvalue weighted by atomic mass is 16.5. The van der Waals surface area contributed by atoms with Crippen LogP contribution in [0.2, 0.25) is 0 Å². The summed E-state index contributed by atoms with van der Waals surface area (Å²) in [5.74, 6) is -0.651. The molecule has 396 valence electrons. The van der Waals surface area contributed by atoms with Gasteiger partial charge in [-0.1, -0.05) is 154 Å². The number of benzene rings is 1. The third-order valence-corrected chi connectivity index (χ3v) is 12.4. The molecule has 4 N–H and O–H groups in total. The number of unbranched alkanes of at least 4 members (excludes halogenated alkanes) is 24. The first-order valence-electron chi connectivity index (χ1n) is 27.7. The highest BCUT2D eigenvalue weighted by Crippen LogP contribution is 2.14. The molecule has 1 aromatic carbocycles. The van der Waals surface area contributed by atoms with E-state index in [-0.39, 0.29) is 31.3 Å². The molecular formula is C57H100N4O8. The highest BCUT2D eigenvalue weighted by Gasteiger charge is 2.26. The quantitative estimate of drug-likeness (QED) is 0.0372. The maximum Gasteiger partial charge on any atom is 0.405 e. The molecule has 0 aliphatic heterocycles. The summed E-state index contributed by atoms with van der Waals surface area (Å²) in [5, 5.41) is 17.1. The van der Waals surface area contributed by atoms with Crippen LogP contribution in [0.1, 0.15) is 223 Å². The summed E-state index contributed by atoms with van der Waals surface area (Å²) in [6.07, 6.45) is 44.3. The topological polar surface area (TPSA) is 156 Å². The number of hydrogen-bond acceptors (Lipinski definition) is 7. The normalized spacial score (nSPS) is 11.9. The van der Waals surface area contributed by atoms with Crippen molar-refractivity contribution in [2.45, 2.75) is 219 Å². The van der Waals surface area contributed by atoms with Crippen molar-refractivity contribution in [2.75, 3.05) is 59.7 Å². The van der Waals surface area contributed by atoms with Crippen molar-refractivity contribution in [1.82, 2.24) is 20.9 Å². The number of amides is 4. The molecule has 0 bridgehead atoms. The van der Waals surface area contributed by atoms with Crippen molar-refractivity contribution >= 4 is 23.8 Å². The fourth-order valence-electron chi connectivity index (χ4n) is 8.17. The summed E-state index contributed by atoms with van der Waals surface area (Å²) in [5.41, 5.74) is 0.436. The number of ether oxygens (including phenoxy) is 3. The molecular weight excluding hydrogens is 869 g/mol. The van der Waals surface area contributed by atoms with E-state index in [0.717, 1.165) is 25.7 Å². The fraction of sp³-hybridized carbons (Fsp3) is 0.754. The lowest BCUT2D eigenvalue weighted by molar-refractivity contribution is -0.135. The predicted octanol–water partition coefficient (Wildman–Crippen LogP) is 13.3. The van der Waals surface area contributed by atoms with E-state index in [1.165, 1.54) is 154 Å². The average molecular weight is 969 g/mol. The van der Waals surface area contributed by atoms with Crippen LogP contribution in [0.3, 0.4) is 0 Å². The first-order chi connectivity index (χ1) is 33.8. The van der Waals surface area contributed by atoms with Crippen LogP contribution in [0, 0.1) is 0 Å². The summed E-state index contributed by atoms with van der Waals surface area (Å²) < 4.78 is 17.0. The average Bonchev–Trinajstić information content (AvgIpc) is 3.35. The molecule has 0 saturated heterocycles. The minimum atomic E-state index is -1.40. The van der Waals surface area contributed by atoms with Gasteiger partial charge in [0.25, 0.3) is 5.91 Å². The minimum absolute atomic E-state index is 0.0547. The van der Waals surface area contributed by atoms with Gasteiger partial charge < -0.3 is 40.2 Å². The van der Waals surface area contributed by atoms with E-state index in [4.69, 9.17) is 14.2 Å². The number of nitrogens with one attached hydrogen (secondary N) is 3. The smallest absolute Gasteiger partial charge is 0.405 e. The SMILES string of the molecule is CCCCCCCC/C=C\CCCCCCCCOCCCN(CCCOCCCCCCCC/C=C\CCCCCCCC)C(=O)C[C@@H](NC(=O)O)C(=O)NCCNC(=O)c1ccc(OC)cc1. The third kappa shape index (κ3) is 39.5. The molecule has 0 heterocycles. The lowest BCUT2D eigenvalue weighted by atomic mass is 10.1. The molecule has 0 saturated carbocycles. The number of methoxy groups -OCH3 is 1. The molecule has 4 amide bonds. The lowest BCUT2D eigenvalue weighted by Gasteiger charge is -2.25. The van der Waals surface area contributed by atoms with Crippen molar-refractivity contribution in [2.24, 2.45) is 0 Å². The molecule has 0 aromatic heterocycles. The number of hydrogen-bond donors (Lipinski definition) is 4. The first-order valence-corrected chi connectivity index (χ1v) is 27.7. The fourth-order valence-corrected chi connectivity index (χ4v) is 8.17. The maximum atomic E-state index is 13.7. The number of rotatable bonds is 49. The molecule has 0 radical (unpaired) electrons. The molecule has 1 aromatic rings. The van der Waals surface area contributed by atoms with Crippen molar-refractivity contribution in [3.63, 3.8) is 0 Å². The second-order valence-electron chi connectivity index (χ2n) is 18.7. The van der Waals surface area contributed by atoms with Gasteiger partial charge in [-0.2, -0.15) is 0 Å². The van der Waals surface area contributed by atoms with Crippen LogP contribution in [-0.2, 0) is 19.1 Å². The van der Waals surface area contributed by atoms with Gasteiger partial charge in [-0.15, -0.1) is 0 Å². The zero-order chi connectivity index (χ0) is 50.1. The molecule has 0 aliphatic rings. The van der Waals surface area contributed by atoms with Gasteiger partial charge in [0, 0.05) is 58.2 Å². The van der Waals surface area contributed by atoms with Crippen molar-refractivity contribution in [3.8, 4) is 5.75 Å². The lowest BCUT2D eigenvalue weighted by Crippen LogP contribution is -2.50. The molecule has 0 spiro atoms. The van der Waals surface area contributed by atoms with Gasteiger partial charge in [-0.3, -0.25) is 14.4 Å². The largest absolute Gasteiger partial charge is 0.497 e. The zero-order valence-corrected chi connectivity index (χ0v) is 44.0. The van der Waals surface area contributed by atoms with Crippen LogP contribution < -0.4 is 20.7 Å². The highest BCUT2D eigenvalue weighted by molar-refractivity contribution is 5.94. The Morgan fingerprint density at radius 3 is 1.35 bits per heavy atom. The molecule has 0 fully saturated rings. The van der Waals surface area contributed by atoms with Gasteiger partial charge in [0.1, 0.15) is 11.8 Å². The summed E-state index contributed by atoms with van der Waals surface area (Å²) in [6, 6.07) is 5.34. The van der Waals surface area contributed by atoms with Crippen molar-refractivity contribution in [3.05, 3.63) is 54.1 Å². The van der Waals surface area contributed by atoms with Gasteiger partial charge in [-0.25, -0.2) is 4.79 Å². The molecule has 69 heavy (non-hydrogen) atoms. The van der Waals surface area contributed by atoms with E-state index in [9.17, 15) is 24.3 Å². The van der Waals surface area contributed by atoms with Gasteiger partial charge >= 0.3 is 6.09 Å². The maximum absolute atomic E-state index is 13.7. The summed E-state index contributed by atoms with van der Waals surface area (Å²) in [4.78, 5) is 52.7. The number of carboxylic acid groups (broad SMARTS) is 1. The Kier molecular flexibility index (Phi) is 43.7. The molecule has 12 nitrogen and oxygen atoms in total. The summed E-state index contributed by atoms with van der Waals surface area (Å²) >= 11 is 0. The summed E-state index contributed by atoms with van der Waals surface area (Å²) in [6.45, 7) is 7.96. The van der Waals surface area contributed by atoms with Crippen LogP contribution in [-0.4, -0.2) is 99.6 Å². The number of carbonyl (C=O) groups is 4. The molecule has 0 unspecified atom stereocenters. The van der Waals surface area contributed by atoms with E-state index < -0.39 is 18.0 Å². The number of allylic oxidation sites excluding steroid dienone is 4. The Hall–Kier alpha value is -3.90. The Balaban J connectivity index is 2.45. The molecule has 0 aliphatic carbocycles. The molecule has 1 rings (SSSR count). The number of carbonyl (C=O) groups excluding carboxylic acids is 3. The van der Waals surface area contributed by atoms with Gasteiger partial charge in [0.05, 0.1) is 13.5 Å².